The van der Waals surface area contributed by atoms with Crippen LogP contribution in [0.25, 0.3) is 0 Å². The lowest BCUT2D eigenvalue weighted by Gasteiger charge is -2.27. The summed E-state index contributed by atoms with van der Waals surface area (Å²) in [5, 5.41) is 0. The minimum absolute atomic E-state index is 0.0772. The highest BCUT2D eigenvalue weighted by molar-refractivity contribution is 5.95. The number of anilines is 1. The molecule has 100 valence electrons. The number of carbonyl (C=O) groups is 1. The Labute approximate surface area is 110 Å². The van der Waals surface area contributed by atoms with Crippen molar-refractivity contribution < 1.29 is 4.79 Å². The fraction of sp³-hybridized carbons (Fsp3) is 0.533. The van der Waals surface area contributed by atoms with Crippen LogP contribution in [0.4, 0.5) is 5.69 Å². The van der Waals surface area contributed by atoms with Gasteiger partial charge in [-0.15, -0.1) is 0 Å². The number of hydrogen-bond donors (Lipinski definition) is 1. The first kappa shape index (κ1) is 14.6. The first-order valence-corrected chi connectivity index (χ1v) is 6.72. The van der Waals surface area contributed by atoms with Gasteiger partial charge in [0.2, 0.25) is 0 Å². The summed E-state index contributed by atoms with van der Waals surface area (Å²) in [6, 6.07) is 7.42. The van der Waals surface area contributed by atoms with E-state index in [1.807, 2.05) is 17.0 Å². The average molecular weight is 248 g/mol. The summed E-state index contributed by atoms with van der Waals surface area (Å²) >= 11 is 0. The maximum Gasteiger partial charge on any atom is 0.254 e. The number of rotatable bonds is 6. The highest BCUT2D eigenvalue weighted by Crippen LogP contribution is 2.13. The van der Waals surface area contributed by atoms with Gasteiger partial charge in [-0.05, 0) is 38.5 Å². The smallest absolute Gasteiger partial charge is 0.254 e. The number of benzene rings is 1. The molecule has 0 bridgehead atoms. The third kappa shape index (κ3) is 4.06. The Balaban J connectivity index is 2.76. The molecule has 1 aromatic rings. The molecule has 0 atom stereocenters. The maximum absolute atomic E-state index is 12.4. The van der Waals surface area contributed by atoms with E-state index in [0.717, 1.165) is 19.4 Å². The van der Waals surface area contributed by atoms with Crippen molar-refractivity contribution in [2.24, 2.45) is 0 Å². The lowest BCUT2D eigenvalue weighted by Crippen LogP contribution is -2.37. The van der Waals surface area contributed by atoms with E-state index < -0.39 is 0 Å². The van der Waals surface area contributed by atoms with Gasteiger partial charge in [0.25, 0.3) is 5.91 Å². The summed E-state index contributed by atoms with van der Waals surface area (Å²) in [4.78, 5) is 14.3. The Kier molecular flexibility index (Phi) is 5.69. The van der Waals surface area contributed by atoms with Crippen LogP contribution in [0.15, 0.2) is 24.3 Å². The molecule has 0 aromatic heterocycles. The molecule has 0 aliphatic rings. The predicted octanol–water partition coefficient (Wildman–Crippen LogP) is 3.31. The van der Waals surface area contributed by atoms with Crippen LogP contribution >= 0.6 is 0 Å². The van der Waals surface area contributed by atoms with Crippen molar-refractivity contribution in [1.29, 1.82) is 0 Å². The number of carbonyl (C=O) groups excluding carboxylic acids is 1. The van der Waals surface area contributed by atoms with Gasteiger partial charge in [-0.3, -0.25) is 4.79 Å². The van der Waals surface area contributed by atoms with Gasteiger partial charge in [-0.1, -0.05) is 25.8 Å². The molecule has 0 aliphatic heterocycles. The standard InChI is InChI=1S/C15H24N2O/c1-4-5-6-10-17(12(2)3)15(18)13-8-7-9-14(16)11-13/h7-9,11-12H,4-6,10,16H2,1-3H3. The molecule has 1 rings (SSSR count). The van der Waals surface area contributed by atoms with E-state index in [1.165, 1.54) is 6.42 Å². The van der Waals surface area contributed by atoms with Gasteiger partial charge in [-0.2, -0.15) is 0 Å². The van der Waals surface area contributed by atoms with E-state index in [2.05, 4.69) is 20.8 Å². The van der Waals surface area contributed by atoms with E-state index in [0.29, 0.717) is 11.3 Å². The fourth-order valence-electron chi connectivity index (χ4n) is 1.96. The molecule has 0 unspecified atom stereocenters. The Hall–Kier alpha value is -1.51. The lowest BCUT2D eigenvalue weighted by molar-refractivity contribution is 0.0702. The third-order valence-electron chi connectivity index (χ3n) is 3.02. The number of nitrogens with zero attached hydrogens (tertiary/aromatic N) is 1. The quantitative estimate of drug-likeness (QED) is 0.620. The summed E-state index contributed by atoms with van der Waals surface area (Å²) in [6.45, 7) is 7.09. The molecule has 0 fully saturated rings. The second-order valence-electron chi connectivity index (χ2n) is 4.92. The zero-order valence-electron chi connectivity index (χ0n) is 11.6. The number of nitrogen functional groups attached to an aromatic ring is 1. The molecule has 0 spiro atoms. The van der Waals surface area contributed by atoms with Gasteiger partial charge in [0.05, 0.1) is 0 Å². The Morgan fingerprint density at radius 3 is 2.61 bits per heavy atom. The molecule has 3 heteroatoms. The summed E-state index contributed by atoms with van der Waals surface area (Å²) in [7, 11) is 0. The topological polar surface area (TPSA) is 46.3 Å². The van der Waals surface area contributed by atoms with Gasteiger partial charge >= 0.3 is 0 Å². The fourth-order valence-corrected chi connectivity index (χ4v) is 1.96. The van der Waals surface area contributed by atoms with Gasteiger partial charge in [0.15, 0.2) is 0 Å². The molecular formula is C15H24N2O. The number of nitrogens with two attached hydrogens (primary N) is 1. The SMILES string of the molecule is CCCCCN(C(=O)c1cccc(N)c1)C(C)C. The van der Waals surface area contributed by atoms with Gasteiger partial charge in [-0.25, -0.2) is 0 Å². The zero-order chi connectivity index (χ0) is 13.5. The Bertz CT molecular complexity index is 388. The number of amides is 1. The molecule has 0 aliphatic carbocycles. The number of unbranched alkanes of at least 4 members (excludes halogenated alkanes) is 2. The summed E-state index contributed by atoms with van der Waals surface area (Å²) in [5.74, 6) is 0.0772. The van der Waals surface area contributed by atoms with Crippen molar-refractivity contribution in [1.82, 2.24) is 4.90 Å². The minimum Gasteiger partial charge on any atom is -0.399 e. The van der Waals surface area contributed by atoms with Crippen LogP contribution in [0.5, 0.6) is 0 Å². The Morgan fingerprint density at radius 1 is 1.33 bits per heavy atom. The van der Waals surface area contributed by atoms with Crippen molar-refractivity contribution >= 4 is 11.6 Å². The van der Waals surface area contributed by atoms with Crippen LogP contribution in [0.3, 0.4) is 0 Å². The van der Waals surface area contributed by atoms with Crippen molar-refractivity contribution in [2.75, 3.05) is 12.3 Å². The summed E-state index contributed by atoms with van der Waals surface area (Å²) < 4.78 is 0. The van der Waals surface area contributed by atoms with Crippen molar-refractivity contribution in [3.63, 3.8) is 0 Å². The summed E-state index contributed by atoms with van der Waals surface area (Å²) in [6.07, 6.45) is 3.38. The average Bonchev–Trinajstić information content (AvgIpc) is 2.33. The molecule has 3 nitrogen and oxygen atoms in total. The molecule has 2 N–H and O–H groups in total. The largest absolute Gasteiger partial charge is 0.399 e. The second kappa shape index (κ2) is 7.04. The van der Waals surface area contributed by atoms with E-state index in [9.17, 15) is 4.79 Å². The van der Waals surface area contributed by atoms with Crippen LogP contribution in [-0.2, 0) is 0 Å². The molecule has 0 saturated heterocycles. The lowest BCUT2D eigenvalue weighted by atomic mass is 10.1. The van der Waals surface area contributed by atoms with E-state index in [4.69, 9.17) is 5.73 Å². The van der Waals surface area contributed by atoms with Gasteiger partial charge in [0.1, 0.15) is 0 Å². The Morgan fingerprint density at radius 2 is 2.06 bits per heavy atom. The van der Waals surface area contributed by atoms with Crippen LogP contribution < -0.4 is 5.73 Å². The van der Waals surface area contributed by atoms with E-state index in [-0.39, 0.29) is 11.9 Å². The molecule has 0 heterocycles. The van der Waals surface area contributed by atoms with Gasteiger partial charge in [0, 0.05) is 23.8 Å². The molecule has 1 aromatic carbocycles. The van der Waals surface area contributed by atoms with Crippen molar-refractivity contribution in [3.05, 3.63) is 29.8 Å². The zero-order valence-corrected chi connectivity index (χ0v) is 11.6. The van der Waals surface area contributed by atoms with Gasteiger partial charge < -0.3 is 10.6 Å². The van der Waals surface area contributed by atoms with E-state index >= 15 is 0 Å². The van der Waals surface area contributed by atoms with Crippen LogP contribution in [-0.4, -0.2) is 23.4 Å². The van der Waals surface area contributed by atoms with Crippen LogP contribution in [0.1, 0.15) is 50.4 Å². The third-order valence-corrected chi connectivity index (χ3v) is 3.02. The normalized spacial score (nSPS) is 10.7. The number of hydrogen-bond acceptors (Lipinski definition) is 2. The van der Waals surface area contributed by atoms with Crippen molar-refractivity contribution in [2.45, 2.75) is 46.1 Å². The van der Waals surface area contributed by atoms with Crippen LogP contribution in [0.2, 0.25) is 0 Å². The van der Waals surface area contributed by atoms with E-state index in [1.54, 1.807) is 12.1 Å². The molecule has 1 amide bonds. The monoisotopic (exact) mass is 248 g/mol. The van der Waals surface area contributed by atoms with Crippen LogP contribution in [0, 0.1) is 0 Å². The van der Waals surface area contributed by atoms with Crippen molar-refractivity contribution in [3.8, 4) is 0 Å². The first-order chi connectivity index (χ1) is 8.56. The highest BCUT2D eigenvalue weighted by Gasteiger charge is 2.18. The maximum atomic E-state index is 12.4. The second-order valence-corrected chi connectivity index (χ2v) is 4.92. The first-order valence-electron chi connectivity index (χ1n) is 6.72. The minimum atomic E-state index is 0.0772. The highest BCUT2D eigenvalue weighted by atomic mass is 16.2. The molecular weight excluding hydrogens is 224 g/mol. The molecule has 18 heavy (non-hydrogen) atoms. The molecule has 0 radical (unpaired) electrons. The molecule has 0 saturated carbocycles. The predicted molar refractivity (Wildman–Crippen MR) is 76.6 cm³/mol. The summed E-state index contributed by atoms with van der Waals surface area (Å²) in [5.41, 5.74) is 7.04.